The number of nitrogens with one attached hydrogen (secondary N) is 2. The van der Waals surface area contributed by atoms with E-state index in [2.05, 4.69) is 21.3 Å². The molecule has 0 saturated carbocycles. The highest BCUT2D eigenvalue weighted by Gasteiger charge is 2.23. The minimum atomic E-state index is -0.252. The van der Waals surface area contributed by atoms with Gasteiger partial charge in [0.2, 0.25) is 5.95 Å². The molecular formula is C31H36Cl2N6O3. The summed E-state index contributed by atoms with van der Waals surface area (Å²) >= 11 is 12.7. The molecule has 1 fully saturated rings. The van der Waals surface area contributed by atoms with Crippen molar-refractivity contribution >= 4 is 62.7 Å². The predicted octanol–water partition coefficient (Wildman–Crippen LogP) is 6.77. The highest BCUT2D eigenvalue weighted by molar-refractivity contribution is 6.39. The number of likely N-dealkylation sites (tertiary alicyclic amines) is 1. The zero-order valence-electron chi connectivity index (χ0n) is 24.3. The van der Waals surface area contributed by atoms with Gasteiger partial charge in [0.25, 0.3) is 5.56 Å². The van der Waals surface area contributed by atoms with Crippen LogP contribution in [-0.2, 0) is 18.2 Å². The van der Waals surface area contributed by atoms with Gasteiger partial charge >= 0.3 is 6.09 Å². The minimum Gasteiger partial charge on any atom is -0.444 e. The summed E-state index contributed by atoms with van der Waals surface area (Å²) in [5, 5.41) is 5.64. The standard InChI is InChI=1S/C31H36Cl2N6O3/c1-5-39(6-2)31(41)42-20-10-8-16-38(18-20)17-9-13-24-19(3)21-14-15-25-28(26(21)29(40)34-24)37(4)30(35-25)36-27-22(32)11-7-12-23(27)33/h7,9,11-12,14-15,17,20H,5-6,8,10,13,16,18H2,1-4H3,(H,34,40)(H,35,36). The summed E-state index contributed by atoms with van der Waals surface area (Å²) in [6.07, 6.45) is 6.09. The van der Waals surface area contributed by atoms with Crippen LogP contribution in [0.4, 0.5) is 16.4 Å². The Hall–Kier alpha value is -3.69. The summed E-state index contributed by atoms with van der Waals surface area (Å²) in [5.41, 5.74) is 3.66. The number of benzene rings is 2. The Bertz CT molecular complexity index is 1690. The quantitative estimate of drug-likeness (QED) is 0.228. The monoisotopic (exact) mass is 610 g/mol. The van der Waals surface area contributed by atoms with E-state index in [1.807, 2.05) is 50.7 Å². The van der Waals surface area contributed by atoms with Crippen molar-refractivity contribution in [1.29, 1.82) is 0 Å². The molecule has 5 rings (SSSR count). The lowest BCUT2D eigenvalue weighted by Crippen LogP contribution is -2.41. The number of hydrogen-bond acceptors (Lipinski definition) is 6. The Morgan fingerprint density at radius 2 is 1.95 bits per heavy atom. The molecule has 4 aromatic rings. The van der Waals surface area contributed by atoms with Crippen LogP contribution < -0.4 is 10.9 Å². The van der Waals surface area contributed by atoms with E-state index >= 15 is 0 Å². The zero-order chi connectivity index (χ0) is 30.0. The first-order valence-corrected chi connectivity index (χ1v) is 15.1. The number of carbonyl (C=O) groups excluding carboxylic acids is 1. The molecule has 1 aliphatic rings. The number of halogens is 2. The van der Waals surface area contributed by atoms with Gasteiger partial charge in [-0.2, -0.15) is 0 Å². The molecule has 2 aromatic carbocycles. The van der Waals surface area contributed by atoms with Crippen LogP contribution in [-0.4, -0.2) is 62.7 Å². The van der Waals surface area contributed by atoms with Crippen molar-refractivity contribution in [2.24, 2.45) is 7.05 Å². The molecule has 1 saturated heterocycles. The van der Waals surface area contributed by atoms with Gasteiger partial charge in [0.1, 0.15) is 6.10 Å². The summed E-state index contributed by atoms with van der Waals surface area (Å²) < 4.78 is 7.60. The molecule has 1 atom stereocenters. The number of carbonyl (C=O) groups is 1. The number of ether oxygens (including phenoxy) is 1. The number of H-pyrrole nitrogens is 1. The van der Waals surface area contributed by atoms with Crippen molar-refractivity contribution in [2.45, 2.75) is 46.1 Å². The van der Waals surface area contributed by atoms with E-state index < -0.39 is 0 Å². The second-order valence-corrected chi connectivity index (χ2v) is 11.3. The number of aromatic nitrogens is 3. The molecule has 0 radical (unpaired) electrons. The summed E-state index contributed by atoms with van der Waals surface area (Å²) in [4.78, 5) is 37.5. The number of para-hydroxylation sites is 1. The number of imidazole rings is 1. The van der Waals surface area contributed by atoms with Crippen LogP contribution in [0, 0.1) is 6.92 Å². The Morgan fingerprint density at radius 1 is 1.21 bits per heavy atom. The maximum atomic E-state index is 13.5. The van der Waals surface area contributed by atoms with Gasteiger partial charge in [-0.1, -0.05) is 41.4 Å². The second kappa shape index (κ2) is 12.7. The van der Waals surface area contributed by atoms with E-state index in [0.717, 1.165) is 41.5 Å². The van der Waals surface area contributed by atoms with Gasteiger partial charge in [0.05, 0.1) is 38.7 Å². The fourth-order valence-corrected chi connectivity index (χ4v) is 6.06. The van der Waals surface area contributed by atoms with Gasteiger partial charge in [0, 0.05) is 38.8 Å². The summed E-state index contributed by atoms with van der Waals surface area (Å²) in [7, 11) is 1.86. The molecular weight excluding hydrogens is 575 g/mol. The summed E-state index contributed by atoms with van der Waals surface area (Å²) in [6.45, 7) is 8.75. The first-order valence-electron chi connectivity index (χ1n) is 14.3. The number of nitrogens with zero attached hydrogens (tertiary/aromatic N) is 4. The highest BCUT2D eigenvalue weighted by atomic mass is 35.5. The number of aromatic amines is 1. The van der Waals surface area contributed by atoms with Crippen LogP contribution in [0.3, 0.4) is 0 Å². The molecule has 1 unspecified atom stereocenters. The molecule has 222 valence electrons. The van der Waals surface area contributed by atoms with Crippen molar-refractivity contribution in [3.8, 4) is 0 Å². The van der Waals surface area contributed by atoms with E-state index in [-0.39, 0.29) is 17.8 Å². The first kappa shape index (κ1) is 29.8. The topological polar surface area (TPSA) is 95.5 Å². The van der Waals surface area contributed by atoms with Crippen LogP contribution in [0.2, 0.25) is 10.0 Å². The molecule has 42 heavy (non-hydrogen) atoms. The molecule has 1 amide bonds. The van der Waals surface area contributed by atoms with E-state index in [4.69, 9.17) is 32.9 Å². The van der Waals surface area contributed by atoms with E-state index in [9.17, 15) is 9.59 Å². The van der Waals surface area contributed by atoms with Crippen molar-refractivity contribution in [3.63, 3.8) is 0 Å². The summed E-state index contributed by atoms with van der Waals surface area (Å²) in [6, 6.07) is 9.17. The van der Waals surface area contributed by atoms with Crippen LogP contribution in [0.15, 0.2) is 47.4 Å². The van der Waals surface area contributed by atoms with E-state index in [0.29, 0.717) is 58.6 Å². The maximum Gasteiger partial charge on any atom is 0.410 e. The van der Waals surface area contributed by atoms with Crippen molar-refractivity contribution in [2.75, 3.05) is 31.5 Å². The Labute approximate surface area is 255 Å². The third kappa shape index (κ3) is 5.94. The molecule has 1 aliphatic heterocycles. The summed E-state index contributed by atoms with van der Waals surface area (Å²) in [5.74, 6) is 0.527. The molecule has 9 nitrogen and oxygen atoms in total. The number of allylic oxidation sites excluding steroid dienone is 1. The molecule has 0 bridgehead atoms. The fourth-order valence-electron chi connectivity index (χ4n) is 5.56. The molecule has 3 heterocycles. The van der Waals surface area contributed by atoms with Crippen molar-refractivity contribution in [3.05, 3.63) is 74.3 Å². The normalized spacial score (nSPS) is 15.6. The van der Waals surface area contributed by atoms with E-state index in [1.165, 1.54) is 0 Å². The van der Waals surface area contributed by atoms with E-state index in [1.54, 1.807) is 23.1 Å². The lowest BCUT2D eigenvalue weighted by Gasteiger charge is -2.32. The SMILES string of the molecule is CCN(CC)C(=O)OC1CCCN(C=CCc2[nH]c(=O)c3c(ccc4nc(Nc5c(Cl)cccc5Cl)n(C)c43)c2C)C1. The van der Waals surface area contributed by atoms with Gasteiger partial charge in [-0.05, 0) is 69.0 Å². The van der Waals surface area contributed by atoms with Gasteiger partial charge in [-0.25, -0.2) is 9.78 Å². The van der Waals surface area contributed by atoms with Crippen LogP contribution in [0.5, 0.6) is 0 Å². The number of amides is 1. The number of aryl methyl sites for hydroxylation is 2. The molecule has 0 spiro atoms. The number of hydrogen-bond donors (Lipinski definition) is 2. The van der Waals surface area contributed by atoms with Crippen LogP contribution in [0.25, 0.3) is 21.8 Å². The van der Waals surface area contributed by atoms with Crippen LogP contribution in [0.1, 0.15) is 37.9 Å². The third-order valence-electron chi connectivity index (χ3n) is 7.92. The molecule has 0 aliphatic carbocycles. The largest absolute Gasteiger partial charge is 0.444 e. The average Bonchev–Trinajstić information content (AvgIpc) is 3.29. The predicted molar refractivity (Wildman–Crippen MR) is 170 cm³/mol. The first-order chi connectivity index (χ1) is 20.2. The smallest absolute Gasteiger partial charge is 0.410 e. The van der Waals surface area contributed by atoms with Crippen LogP contribution >= 0.6 is 23.2 Å². The maximum absolute atomic E-state index is 13.5. The fraction of sp³-hybridized carbons (Fsp3) is 0.387. The van der Waals surface area contributed by atoms with Crippen molar-refractivity contribution in [1.82, 2.24) is 24.3 Å². The number of pyridine rings is 1. The lowest BCUT2D eigenvalue weighted by molar-refractivity contribution is 0.0340. The number of piperidine rings is 1. The number of anilines is 2. The Balaban J connectivity index is 1.36. The molecule has 11 heteroatoms. The lowest BCUT2D eigenvalue weighted by atomic mass is 10.0. The Kier molecular flexibility index (Phi) is 8.99. The molecule has 2 aromatic heterocycles. The second-order valence-electron chi connectivity index (χ2n) is 10.5. The van der Waals surface area contributed by atoms with Gasteiger partial charge < -0.3 is 29.4 Å². The molecule has 2 N–H and O–H groups in total. The van der Waals surface area contributed by atoms with Gasteiger partial charge in [-0.3, -0.25) is 4.79 Å². The van der Waals surface area contributed by atoms with Gasteiger partial charge in [0.15, 0.2) is 0 Å². The number of fused-ring (bicyclic) bond motifs is 3. The average molecular weight is 612 g/mol. The minimum absolute atomic E-state index is 0.131. The third-order valence-corrected chi connectivity index (χ3v) is 8.55. The Morgan fingerprint density at radius 3 is 2.67 bits per heavy atom. The van der Waals surface area contributed by atoms with Gasteiger partial charge in [-0.15, -0.1) is 0 Å². The number of rotatable bonds is 8. The zero-order valence-corrected chi connectivity index (χ0v) is 25.8. The highest BCUT2D eigenvalue weighted by Crippen LogP contribution is 2.34. The van der Waals surface area contributed by atoms with Crippen molar-refractivity contribution < 1.29 is 9.53 Å².